The zero-order valence-corrected chi connectivity index (χ0v) is 17.1. The maximum atomic E-state index is 12.6. The van der Waals surface area contributed by atoms with Gasteiger partial charge in [0.15, 0.2) is 5.78 Å². The van der Waals surface area contributed by atoms with Gasteiger partial charge in [0.25, 0.3) is 0 Å². The molecule has 144 valence electrons. The average molecular weight is 404 g/mol. The minimum Gasteiger partial charge on any atom is -0.494 e. The SMILES string of the molecule is Cl.O=C1Cc2ccccc2Sc2cc(OCCCN3CCCCC3)ccc21. The Labute approximate surface area is 171 Å². The summed E-state index contributed by atoms with van der Waals surface area (Å²) < 4.78 is 5.98. The lowest BCUT2D eigenvalue weighted by molar-refractivity contribution is 0.0990. The van der Waals surface area contributed by atoms with Gasteiger partial charge in [0.05, 0.1) is 6.61 Å². The Hall–Kier alpha value is -1.49. The number of halogens is 1. The zero-order valence-electron chi connectivity index (χ0n) is 15.5. The van der Waals surface area contributed by atoms with E-state index in [1.807, 2.05) is 36.4 Å². The van der Waals surface area contributed by atoms with E-state index in [0.29, 0.717) is 6.42 Å². The second-order valence-corrected chi connectivity index (χ2v) is 8.16. The standard InChI is InChI=1S/C22H25NO2S.ClH/c24-20-15-17-7-2-3-8-21(17)26-22-16-18(9-10-19(20)22)25-14-6-13-23-11-4-1-5-12-23;/h2-3,7-10,16H,1,4-6,11-15H2;1H. The molecule has 0 aromatic heterocycles. The van der Waals surface area contributed by atoms with Crippen molar-refractivity contribution in [1.82, 2.24) is 4.90 Å². The molecule has 0 saturated carbocycles. The fourth-order valence-electron chi connectivity index (χ4n) is 3.70. The maximum absolute atomic E-state index is 12.6. The van der Waals surface area contributed by atoms with E-state index < -0.39 is 0 Å². The molecule has 3 nitrogen and oxygen atoms in total. The van der Waals surface area contributed by atoms with Gasteiger partial charge in [-0.15, -0.1) is 12.4 Å². The number of carbonyl (C=O) groups excluding carboxylic acids is 1. The molecule has 0 bridgehead atoms. The number of nitrogens with zero attached hydrogens (tertiary/aromatic N) is 1. The van der Waals surface area contributed by atoms with Crippen molar-refractivity contribution in [1.29, 1.82) is 0 Å². The van der Waals surface area contributed by atoms with Crippen molar-refractivity contribution in [2.45, 2.75) is 41.9 Å². The van der Waals surface area contributed by atoms with Gasteiger partial charge in [0.2, 0.25) is 0 Å². The van der Waals surface area contributed by atoms with Crippen LogP contribution < -0.4 is 4.74 Å². The Morgan fingerprint density at radius 2 is 1.81 bits per heavy atom. The van der Waals surface area contributed by atoms with Crippen LogP contribution in [0.4, 0.5) is 0 Å². The van der Waals surface area contributed by atoms with Crippen LogP contribution in [0, 0.1) is 0 Å². The number of ether oxygens (including phenoxy) is 1. The van der Waals surface area contributed by atoms with E-state index in [0.717, 1.165) is 41.3 Å². The van der Waals surface area contributed by atoms with Crippen LogP contribution in [-0.4, -0.2) is 36.9 Å². The second kappa shape index (κ2) is 9.63. The summed E-state index contributed by atoms with van der Waals surface area (Å²) in [6.07, 6.45) is 5.57. The fraction of sp³-hybridized carbons (Fsp3) is 0.409. The van der Waals surface area contributed by atoms with Gasteiger partial charge in [-0.2, -0.15) is 0 Å². The van der Waals surface area contributed by atoms with Crippen molar-refractivity contribution < 1.29 is 9.53 Å². The number of carbonyl (C=O) groups is 1. The van der Waals surface area contributed by atoms with Gasteiger partial charge in [0, 0.05) is 28.3 Å². The normalized spacial score (nSPS) is 16.7. The number of ketones is 1. The number of Topliss-reactive ketones (excluding diaryl/α,β-unsaturated/α-hetero) is 1. The van der Waals surface area contributed by atoms with Crippen LogP contribution in [0.3, 0.4) is 0 Å². The lowest BCUT2D eigenvalue weighted by Crippen LogP contribution is -2.31. The first-order valence-electron chi connectivity index (χ1n) is 9.58. The first-order valence-corrected chi connectivity index (χ1v) is 10.4. The summed E-state index contributed by atoms with van der Waals surface area (Å²) in [4.78, 5) is 17.3. The van der Waals surface area contributed by atoms with E-state index >= 15 is 0 Å². The molecule has 0 N–H and O–H groups in total. The van der Waals surface area contributed by atoms with Crippen molar-refractivity contribution in [3.8, 4) is 5.75 Å². The Balaban J connectivity index is 0.00000210. The molecule has 2 aliphatic rings. The van der Waals surface area contributed by atoms with Crippen LogP contribution in [0.1, 0.15) is 41.6 Å². The minimum atomic E-state index is 0. The number of fused-ring (bicyclic) bond motifs is 2. The number of benzene rings is 2. The second-order valence-electron chi connectivity index (χ2n) is 7.07. The molecule has 0 spiro atoms. The monoisotopic (exact) mass is 403 g/mol. The Morgan fingerprint density at radius 1 is 1.00 bits per heavy atom. The smallest absolute Gasteiger partial charge is 0.168 e. The predicted octanol–water partition coefficient (Wildman–Crippen LogP) is 5.25. The third-order valence-corrected chi connectivity index (χ3v) is 6.31. The highest BCUT2D eigenvalue weighted by Gasteiger charge is 2.20. The molecule has 0 unspecified atom stereocenters. The molecule has 1 fully saturated rings. The Morgan fingerprint density at radius 3 is 2.67 bits per heavy atom. The lowest BCUT2D eigenvalue weighted by atomic mass is 10.0. The third kappa shape index (κ3) is 5.07. The van der Waals surface area contributed by atoms with Gasteiger partial charge in [-0.25, -0.2) is 0 Å². The first kappa shape index (κ1) is 20.2. The van der Waals surface area contributed by atoms with Crippen LogP contribution in [0.25, 0.3) is 0 Å². The van der Waals surface area contributed by atoms with Crippen LogP contribution in [-0.2, 0) is 6.42 Å². The van der Waals surface area contributed by atoms with E-state index in [1.54, 1.807) is 11.8 Å². The maximum Gasteiger partial charge on any atom is 0.168 e. The van der Waals surface area contributed by atoms with Crippen LogP contribution >= 0.6 is 24.2 Å². The lowest BCUT2D eigenvalue weighted by Gasteiger charge is -2.26. The van der Waals surface area contributed by atoms with Crippen molar-refractivity contribution in [3.63, 3.8) is 0 Å². The molecule has 2 heterocycles. The predicted molar refractivity (Wildman–Crippen MR) is 113 cm³/mol. The summed E-state index contributed by atoms with van der Waals surface area (Å²) in [6.45, 7) is 4.31. The van der Waals surface area contributed by atoms with Gasteiger partial charge < -0.3 is 9.64 Å². The highest BCUT2D eigenvalue weighted by Crippen LogP contribution is 2.38. The van der Waals surface area contributed by atoms with Gasteiger partial charge in [-0.1, -0.05) is 36.4 Å². The molecule has 4 rings (SSSR count). The molecular weight excluding hydrogens is 378 g/mol. The molecule has 2 aliphatic heterocycles. The summed E-state index contributed by atoms with van der Waals surface area (Å²) >= 11 is 1.67. The Bertz CT molecular complexity index is 790. The van der Waals surface area contributed by atoms with Crippen molar-refractivity contribution in [2.75, 3.05) is 26.2 Å². The molecule has 2 aromatic carbocycles. The van der Waals surface area contributed by atoms with Crippen molar-refractivity contribution in [2.24, 2.45) is 0 Å². The highest BCUT2D eigenvalue weighted by molar-refractivity contribution is 7.99. The van der Waals surface area contributed by atoms with Crippen molar-refractivity contribution in [3.05, 3.63) is 53.6 Å². The number of hydrogen-bond acceptors (Lipinski definition) is 4. The van der Waals surface area contributed by atoms with Gasteiger partial charge in [-0.3, -0.25) is 4.79 Å². The molecule has 27 heavy (non-hydrogen) atoms. The minimum absolute atomic E-state index is 0. The highest BCUT2D eigenvalue weighted by atomic mass is 35.5. The molecule has 0 amide bonds. The van der Waals surface area contributed by atoms with Crippen molar-refractivity contribution >= 4 is 30.0 Å². The van der Waals surface area contributed by atoms with Crippen LogP contribution in [0.2, 0.25) is 0 Å². The number of likely N-dealkylation sites (tertiary alicyclic amines) is 1. The number of piperidine rings is 1. The Kier molecular flexibility index (Phi) is 7.22. The van der Waals surface area contributed by atoms with E-state index in [-0.39, 0.29) is 18.2 Å². The molecule has 0 atom stereocenters. The summed E-state index contributed by atoms with van der Waals surface area (Å²) in [6, 6.07) is 14.1. The molecular formula is C22H26ClNO2S. The van der Waals surface area contributed by atoms with E-state index in [2.05, 4.69) is 11.0 Å². The van der Waals surface area contributed by atoms with E-state index in [4.69, 9.17) is 4.74 Å². The van der Waals surface area contributed by atoms with Gasteiger partial charge in [0.1, 0.15) is 5.75 Å². The fourth-order valence-corrected chi connectivity index (χ4v) is 4.83. The first-order chi connectivity index (χ1) is 12.8. The summed E-state index contributed by atoms with van der Waals surface area (Å²) in [5, 5.41) is 0. The van der Waals surface area contributed by atoms with E-state index in [1.165, 1.54) is 37.2 Å². The summed E-state index contributed by atoms with van der Waals surface area (Å²) in [7, 11) is 0. The van der Waals surface area contributed by atoms with Crippen LogP contribution in [0.5, 0.6) is 5.75 Å². The van der Waals surface area contributed by atoms with Gasteiger partial charge in [-0.05, 0) is 62.2 Å². The van der Waals surface area contributed by atoms with Crippen LogP contribution in [0.15, 0.2) is 52.3 Å². The number of hydrogen-bond donors (Lipinski definition) is 0. The topological polar surface area (TPSA) is 29.5 Å². The zero-order chi connectivity index (χ0) is 17.8. The molecule has 0 aliphatic carbocycles. The molecule has 2 aromatic rings. The molecule has 0 radical (unpaired) electrons. The van der Waals surface area contributed by atoms with Gasteiger partial charge >= 0.3 is 0 Å². The van der Waals surface area contributed by atoms with E-state index in [9.17, 15) is 4.79 Å². The summed E-state index contributed by atoms with van der Waals surface area (Å²) in [5.41, 5.74) is 1.93. The number of rotatable bonds is 5. The third-order valence-electron chi connectivity index (χ3n) is 5.13. The molecule has 1 saturated heterocycles. The molecule has 5 heteroatoms. The largest absolute Gasteiger partial charge is 0.494 e. The summed E-state index contributed by atoms with van der Waals surface area (Å²) in [5.74, 6) is 1.05. The quantitative estimate of drug-likeness (QED) is 0.637. The average Bonchev–Trinajstić information content (AvgIpc) is 2.81.